The first kappa shape index (κ1) is 15.5. The van der Waals surface area contributed by atoms with Crippen molar-refractivity contribution < 1.29 is 24.5 Å². The Morgan fingerprint density at radius 3 is 2.63 bits per heavy atom. The normalized spacial score (nSPS) is 13.5. The van der Waals surface area contributed by atoms with E-state index in [2.05, 4.69) is 21.2 Å². The number of amides is 1. The van der Waals surface area contributed by atoms with Crippen molar-refractivity contribution in [1.29, 1.82) is 0 Å². The van der Waals surface area contributed by atoms with Gasteiger partial charge in [0.1, 0.15) is 5.75 Å². The van der Waals surface area contributed by atoms with Crippen molar-refractivity contribution in [3.63, 3.8) is 0 Å². The minimum Gasteiger partial charge on any atom is -0.497 e. The summed E-state index contributed by atoms with van der Waals surface area (Å²) in [5, 5.41) is 20.6. The summed E-state index contributed by atoms with van der Waals surface area (Å²) in [4.78, 5) is 22.6. The van der Waals surface area contributed by atoms with Gasteiger partial charge >= 0.3 is 5.97 Å². The van der Waals surface area contributed by atoms with Gasteiger partial charge in [0.05, 0.1) is 19.2 Å². The van der Waals surface area contributed by atoms with Gasteiger partial charge in [-0.3, -0.25) is 4.79 Å². The molecule has 1 aromatic carbocycles. The number of carboxylic acid groups (broad SMARTS) is 1. The molecule has 104 valence electrons. The molecule has 0 bridgehead atoms. The third-order valence-corrected chi connectivity index (χ3v) is 3.16. The number of carbonyl (C=O) groups is 2. The van der Waals surface area contributed by atoms with Crippen LogP contribution in [0.15, 0.2) is 22.7 Å². The minimum atomic E-state index is -2.01. The number of ether oxygens (including phenoxy) is 1. The summed E-state index contributed by atoms with van der Waals surface area (Å²) < 4.78 is 5.54. The summed E-state index contributed by atoms with van der Waals surface area (Å²) in [6.07, 6.45) is 0. The van der Waals surface area contributed by atoms with Gasteiger partial charge in [-0.2, -0.15) is 0 Å². The van der Waals surface area contributed by atoms with E-state index in [1.165, 1.54) is 13.2 Å². The molecule has 7 heteroatoms. The predicted molar refractivity (Wildman–Crippen MR) is 71.3 cm³/mol. The maximum atomic E-state index is 11.9. The molecule has 0 spiro atoms. The highest BCUT2D eigenvalue weighted by Gasteiger charge is 2.30. The first-order valence-electron chi connectivity index (χ1n) is 5.35. The number of aliphatic hydroxyl groups is 1. The third kappa shape index (κ3) is 3.93. The van der Waals surface area contributed by atoms with Gasteiger partial charge in [-0.25, -0.2) is 4.79 Å². The molecular formula is C12H14BrNO5. The van der Waals surface area contributed by atoms with Crippen LogP contribution in [0.5, 0.6) is 5.75 Å². The molecule has 1 aromatic rings. The van der Waals surface area contributed by atoms with E-state index >= 15 is 0 Å². The molecule has 0 aromatic heterocycles. The zero-order valence-electron chi connectivity index (χ0n) is 10.4. The largest absolute Gasteiger partial charge is 0.497 e. The van der Waals surface area contributed by atoms with Crippen LogP contribution < -0.4 is 10.1 Å². The zero-order valence-corrected chi connectivity index (χ0v) is 12.0. The van der Waals surface area contributed by atoms with Crippen molar-refractivity contribution in [3.8, 4) is 5.75 Å². The molecule has 0 saturated carbocycles. The molecule has 3 N–H and O–H groups in total. The Kier molecular flexibility index (Phi) is 4.90. The van der Waals surface area contributed by atoms with Crippen LogP contribution in [0, 0.1) is 0 Å². The smallest absolute Gasteiger partial charge is 0.337 e. The van der Waals surface area contributed by atoms with E-state index in [1.54, 1.807) is 12.1 Å². The summed E-state index contributed by atoms with van der Waals surface area (Å²) in [7, 11) is 1.47. The van der Waals surface area contributed by atoms with Crippen molar-refractivity contribution in [2.45, 2.75) is 12.5 Å². The first-order valence-corrected chi connectivity index (χ1v) is 6.14. The lowest BCUT2D eigenvalue weighted by atomic mass is 10.1. The fraction of sp³-hybridized carbons (Fsp3) is 0.333. The molecule has 0 saturated heterocycles. The highest BCUT2D eigenvalue weighted by atomic mass is 79.9. The highest BCUT2D eigenvalue weighted by Crippen LogP contribution is 2.22. The maximum Gasteiger partial charge on any atom is 0.337 e. The quantitative estimate of drug-likeness (QED) is 0.748. The summed E-state index contributed by atoms with van der Waals surface area (Å²) in [6.45, 7) is 0.709. The summed E-state index contributed by atoms with van der Waals surface area (Å²) in [6, 6.07) is 4.83. The Balaban J connectivity index is 2.82. The number of halogens is 1. The summed E-state index contributed by atoms with van der Waals surface area (Å²) >= 11 is 3.21. The minimum absolute atomic E-state index is 0.292. The Labute approximate surface area is 118 Å². The summed E-state index contributed by atoms with van der Waals surface area (Å²) in [5.41, 5.74) is -1.72. The van der Waals surface area contributed by atoms with Gasteiger partial charge in [0.15, 0.2) is 5.60 Å². The molecule has 0 fully saturated rings. The van der Waals surface area contributed by atoms with Gasteiger partial charge < -0.3 is 20.3 Å². The van der Waals surface area contributed by atoms with Crippen molar-refractivity contribution in [2.75, 3.05) is 13.7 Å². The molecule has 0 aliphatic heterocycles. The monoisotopic (exact) mass is 331 g/mol. The number of methoxy groups -OCH3 is 1. The molecule has 6 nitrogen and oxygen atoms in total. The number of carbonyl (C=O) groups excluding carboxylic acids is 1. The number of carboxylic acids is 1. The second-order valence-corrected chi connectivity index (χ2v) is 4.96. The van der Waals surface area contributed by atoms with Gasteiger partial charge in [-0.05, 0) is 41.1 Å². The van der Waals surface area contributed by atoms with E-state index in [0.29, 0.717) is 15.8 Å². The van der Waals surface area contributed by atoms with Crippen LogP contribution in [0.2, 0.25) is 0 Å². The first-order chi connectivity index (χ1) is 8.77. The molecule has 0 radical (unpaired) electrons. The molecular weight excluding hydrogens is 318 g/mol. The van der Waals surface area contributed by atoms with Crippen LogP contribution in [-0.2, 0) is 4.79 Å². The maximum absolute atomic E-state index is 11.9. The number of aliphatic carboxylic acids is 1. The third-order valence-electron chi connectivity index (χ3n) is 2.47. The van der Waals surface area contributed by atoms with Crippen LogP contribution in [0.3, 0.4) is 0 Å². The van der Waals surface area contributed by atoms with E-state index in [4.69, 9.17) is 9.84 Å². The zero-order chi connectivity index (χ0) is 14.6. The lowest BCUT2D eigenvalue weighted by molar-refractivity contribution is -0.155. The molecule has 0 aliphatic carbocycles. The Bertz CT molecular complexity index is 501. The topological polar surface area (TPSA) is 95.9 Å². The second kappa shape index (κ2) is 6.03. The van der Waals surface area contributed by atoms with E-state index in [1.807, 2.05) is 0 Å². The number of hydrogen-bond acceptors (Lipinski definition) is 4. The van der Waals surface area contributed by atoms with Gasteiger partial charge in [0, 0.05) is 4.47 Å². The van der Waals surface area contributed by atoms with Crippen LogP contribution in [0.4, 0.5) is 0 Å². The molecule has 1 amide bonds. The highest BCUT2D eigenvalue weighted by molar-refractivity contribution is 9.10. The van der Waals surface area contributed by atoms with Crippen molar-refractivity contribution in [1.82, 2.24) is 5.32 Å². The SMILES string of the molecule is COc1ccc(Br)c(C(=O)NCC(C)(O)C(=O)O)c1. The fourth-order valence-corrected chi connectivity index (χ4v) is 1.66. The molecule has 1 atom stereocenters. The van der Waals surface area contributed by atoms with Crippen LogP contribution in [0.25, 0.3) is 0 Å². The van der Waals surface area contributed by atoms with Gasteiger partial charge in [-0.15, -0.1) is 0 Å². The molecule has 0 heterocycles. The molecule has 19 heavy (non-hydrogen) atoms. The lowest BCUT2D eigenvalue weighted by Crippen LogP contribution is -2.46. The molecule has 1 unspecified atom stereocenters. The molecule has 1 rings (SSSR count). The number of hydrogen-bond donors (Lipinski definition) is 3. The number of benzene rings is 1. The summed E-state index contributed by atoms with van der Waals surface area (Å²) in [5.74, 6) is -1.41. The molecule has 0 aliphatic rings. The van der Waals surface area contributed by atoms with Crippen molar-refractivity contribution >= 4 is 27.8 Å². The standard InChI is InChI=1S/C12H14BrNO5/c1-12(18,11(16)17)6-14-10(15)8-5-7(19-2)3-4-9(8)13/h3-5,18H,6H2,1-2H3,(H,14,15)(H,16,17). The Morgan fingerprint density at radius 2 is 2.11 bits per heavy atom. The van der Waals surface area contributed by atoms with E-state index in [-0.39, 0.29) is 0 Å². The number of rotatable bonds is 5. The average molecular weight is 332 g/mol. The Hall–Kier alpha value is -1.60. The fourth-order valence-electron chi connectivity index (χ4n) is 1.23. The van der Waals surface area contributed by atoms with Crippen LogP contribution in [-0.4, -0.2) is 41.3 Å². The van der Waals surface area contributed by atoms with Gasteiger partial charge in [-0.1, -0.05) is 0 Å². The number of nitrogens with one attached hydrogen (secondary N) is 1. The predicted octanol–water partition coefficient (Wildman–Crippen LogP) is 1.02. The lowest BCUT2D eigenvalue weighted by Gasteiger charge is -2.18. The van der Waals surface area contributed by atoms with Crippen molar-refractivity contribution in [3.05, 3.63) is 28.2 Å². The Morgan fingerprint density at radius 1 is 1.47 bits per heavy atom. The average Bonchev–Trinajstić information content (AvgIpc) is 2.36. The second-order valence-electron chi connectivity index (χ2n) is 4.11. The van der Waals surface area contributed by atoms with Gasteiger partial charge in [0.25, 0.3) is 5.91 Å². The van der Waals surface area contributed by atoms with E-state index < -0.39 is 24.0 Å². The van der Waals surface area contributed by atoms with E-state index in [0.717, 1.165) is 6.92 Å². The van der Waals surface area contributed by atoms with E-state index in [9.17, 15) is 14.7 Å². The van der Waals surface area contributed by atoms with Crippen LogP contribution in [0.1, 0.15) is 17.3 Å². The van der Waals surface area contributed by atoms with Crippen molar-refractivity contribution in [2.24, 2.45) is 0 Å². The van der Waals surface area contributed by atoms with Gasteiger partial charge in [0.2, 0.25) is 0 Å². The van der Waals surface area contributed by atoms with Crippen LogP contribution >= 0.6 is 15.9 Å².